The molecule has 1 aliphatic carbocycles. The SMILES string of the molecule is CCC1CCCCCN1c1cc(F)cc(CNC2CC2)c1. The number of hydrogen-bond donors (Lipinski definition) is 1. The fraction of sp³-hybridized carbons (Fsp3) is 0.667. The summed E-state index contributed by atoms with van der Waals surface area (Å²) in [7, 11) is 0. The normalized spacial score (nSPS) is 23.1. The number of hydrogen-bond acceptors (Lipinski definition) is 2. The second kappa shape index (κ2) is 6.78. The number of nitrogens with one attached hydrogen (secondary N) is 1. The first-order chi connectivity index (χ1) is 10.3. The van der Waals surface area contributed by atoms with Crippen LogP contribution in [0.4, 0.5) is 10.1 Å². The Morgan fingerprint density at radius 3 is 2.76 bits per heavy atom. The van der Waals surface area contributed by atoms with E-state index in [0.29, 0.717) is 12.1 Å². The van der Waals surface area contributed by atoms with E-state index in [1.165, 1.54) is 38.5 Å². The van der Waals surface area contributed by atoms with Gasteiger partial charge in [0.1, 0.15) is 5.82 Å². The molecule has 2 fully saturated rings. The average Bonchev–Trinajstić information content (AvgIpc) is 3.30. The van der Waals surface area contributed by atoms with Crippen LogP contribution < -0.4 is 10.2 Å². The predicted molar refractivity (Wildman–Crippen MR) is 86.2 cm³/mol. The minimum atomic E-state index is -0.0980. The molecule has 0 radical (unpaired) electrons. The first-order valence-corrected chi connectivity index (χ1v) is 8.55. The van der Waals surface area contributed by atoms with Crippen molar-refractivity contribution in [1.29, 1.82) is 0 Å². The molecule has 116 valence electrons. The van der Waals surface area contributed by atoms with Crippen LogP contribution in [-0.2, 0) is 6.54 Å². The molecular weight excluding hydrogens is 263 g/mol. The molecule has 21 heavy (non-hydrogen) atoms. The van der Waals surface area contributed by atoms with Crippen LogP contribution in [0.3, 0.4) is 0 Å². The van der Waals surface area contributed by atoms with Gasteiger partial charge in [0, 0.05) is 30.9 Å². The Morgan fingerprint density at radius 1 is 1.14 bits per heavy atom. The van der Waals surface area contributed by atoms with Gasteiger partial charge in [0.2, 0.25) is 0 Å². The summed E-state index contributed by atoms with van der Waals surface area (Å²) in [6.45, 7) is 4.11. The molecule has 1 aromatic rings. The summed E-state index contributed by atoms with van der Waals surface area (Å²) in [5, 5.41) is 3.48. The highest BCUT2D eigenvalue weighted by Crippen LogP contribution is 2.28. The van der Waals surface area contributed by atoms with Crippen molar-refractivity contribution in [3.05, 3.63) is 29.6 Å². The quantitative estimate of drug-likeness (QED) is 0.872. The third-order valence-electron chi connectivity index (χ3n) is 4.79. The van der Waals surface area contributed by atoms with E-state index in [1.54, 1.807) is 12.1 Å². The van der Waals surface area contributed by atoms with Gasteiger partial charge in [0.25, 0.3) is 0 Å². The predicted octanol–water partition coefficient (Wildman–Crippen LogP) is 4.24. The molecule has 2 aliphatic rings. The first kappa shape index (κ1) is 14.8. The summed E-state index contributed by atoms with van der Waals surface area (Å²) in [6, 6.07) is 6.82. The fourth-order valence-electron chi connectivity index (χ4n) is 3.39. The first-order valence-electron chi connectivity index (χ1n) is 8.55. The molecule has 3 heteroatoms. The molecule has 1 saturated carbocycles. The Balaban J connectivity index is 1.77. The van der Waals surface area contributed by atoms with E-state index < -0.39 is 0 Å². The molecule has 1 saturated heterocycles. The van der Waals surface area contributed by atoms with Crippen molar-refractivity contribution in [2.24, 2.45) is 0 Å². The van der Waals surface area contributed by atoms with Crippen LogP contribution in [0, 0.1) is 5.82 Å². The Labute approximate surface area is 127 Å². The minimum Gasteiger partial charge on any atom is -0.368 e. The molecule has 2 nitrogen and oxygen atoms in total. The Kier molecular flexibility index (Phi) is 4.79. The van der Waals surface area contributed by atoms with Crippen LogP contribution in [0.1, 0.15) is 57.4 Å². The van der Waals surface area contributed by atoms with Gasteiger partial charge in [-0.25, -0.2) is 4.39 Å². The maximum absolute atomic E-state index is 14.0. The molecule has 1 aromatic carbocycles. The van der Waals surface area contributed by atoms with Crippen molar-refractivity contribution in [2.75, 3.05) is 11.4 Å². The zero-order valence-electron chi connectivity index (χ0n) is 13.1. The molecule has 1 unspecified atom stereocenters. The van der Waals surface area contributed by atoms with E-state index in [0.717, 1.165) is 30.8 Å². The van der Waals surface area contributed by atoms with Crippen LogP contribution in [0.5, 0.6) is 0 Å². The highest BCUT2D eigenvalue weighted by atomic mass is 19.1. The molecule has 0 aromatic heterocycles. The summed E-state index contributed by atoms with van der Waals surface area (Å²) < 4.78 is 14.0. The van der Waals surface area contributed by atoms with Crippen LogP contribution in [-0.4, -0.2) is 18.6 Å². The average molecular weight is 290 g/mol. The third-order valence-corrected chi connectivity index (χ3v) is 4.79. The molecule has 0 amide bonds. The van der Waals surface area contributed by atoms with E-state index >= 15 is 0 Å². The molecule has 1 N–H and O–H groups in total. The van der Waals surface area contributed by atoms with Crippen molar-refractivity contribution in [1.82, 2.24) is 5.32 Å². The summed E-state index contributed by atoms with van der Waals surface area (Å²) in [5.41, 5.74) is 2.16. The molecule has 1 aliphatic heterocycles. The molecule has 0 spiro atoms. The van der Waals surface area contributed by atoms with Gasteiger partial charge in [0.05, 0.1) is 0 Å². The van der Waals surface area contributed by atoms with Crippen LogP contribution in [0.15, 0.2) is 18.2 Å². The lowest BCUT2D eigenvalue weighted by Gasteiger charge is -2.32. The fourth-order valence-corrected chi connectivity index (χ4v) is 3.39. The summed E-state index contributed by atoms with van der Waals surface area (Å²) >= 11 is 0. The van der Waals surface area contributed by atoms with Crippen LogP contribution >= 0.6 is 0 Å². The van der Waals surface area contributed by atoms with Crippen molar-refractivity contribution in [3.63, 3.8) is 0 Å². The molecule has 1 heterocycles. The second-order valence-electron chi connectivity index (χ2n) is 6.58. The van der Waals surface area contributed by atoms with Gasteiger partial charge in [0.15, 0.2) is 0 Å². The molecule has 3 rings (SSSR count). The van der Waals surface area contributed by atoms with Crippen molar-refractivity contribution in [2.45, 2.75) is 70.5 Å². The van der Waals surface area contributed by atoms with Gasteiger partial charge < -0.3 is 10.2 Å². The van der Waals surface area contributed by atoms with Crippen molar-refractivity contribution >= 4 is 5.69 Å². The highest BCUT2D eigenvalue weighted by molar-refractivity contribution is 5.50. The summed E-state index contributed by atoms with van der Waals surface area (Å²) in [5.74, 6) is -0.0980. The zero-order chi connectivity index (χ0) is 14.7. The van der Waals surface area contributed by atoms with Crippen molar-refractivity contribution < 1.29 is 4.39 Å². The molecular formula is C18H27FN2. The zero-order valence-corrected chi connectivity index (χ0v) is 13.1. The van der Waals surface area contributed by atoms with Gasteiger partial charge in [-0.15, -0.1) is 0 Å². The van der Waals surface area contributed by atoms with E-state index in [9.17, 15) is 4.39 Å². The Bertz CT molecular complexity index is 470. The third kappa shape index (κ3) is 3.97. The van der Waals surface area contributed by atoms with Gasteiger partial charge in [-0.05, 0) is 55.9 Å². The summed E-state index contributed by atoms with van der Waals surface area (Å²) in [4.78, 5) is 2.44. The lowest BCUT2D eigenvalue weighted by molar-refractivity contribution is 0.553. The van der Waals surface area contributed by atoms with E-state index in [1.807, 2.05) is 0 Å². The largest absolute Gasteiger partial charge is 0.368 e. The number of anilines is 1. The van der Waals surface area contributed by atoms with Gasteiger partial charge in [-0.3, -0.25) is 0 Å². The highest BCUT2D eigenvalue weighted by Gasteiger charge is 2.22. The van der Waals surface area contributed by atoms with E-state index in [-0.39, 0.29) is 5.82 Å². The number of rotatable bonds is 5. The smallest absolute Gasteiger partial charge is 0.125 e. The van der Waals surface area contributed by atoms with E-state index in [2.05, 4.69) is 23.2 Å². The summed E-state index contributed by atoms with van der Waals surface area (Å²) in [6.07, 6.45) is 8.76. The number of benzene rings is 1. The molecule has 0 bridgehead atoms. The van der Waals surface area contributed by atoms with Crippen LogP contribution in [0.25, 0.3) is 0 Å². The number of nitrogens with zero attached hydrogens (tertiary/aromatic N) is 1. The lowest BCUT2D eigenvalue weighted by atomic mass is 10.1. The Morgan fingerprint density at radius 2 is 2.00 bits per heavy atom. The minimum absolute atomic E-state index is 0.0980. The maximum atomic E-state index is 14.0. The van der Waals surface area contributed by atoms with Crippen molar-refractivity contribution in [3.8, 4) is 0 Å². The van der Waals surface area contributed by atoms with Gasteiger partial charge in [-0.1, -0.05) is 19.8 Å². The number of halogens is 1. The Hall–Kier alpha value is -1.09. The van der Waals surface area contributed by atoms with Gasteiger partial charge in [-0.2, -0.15) is 0 Å². The van der Waals surface area contributed by atoms with E-state index in [4.69, 9.17) is 0 Å². The van der Waals surface area contributed by atoms with Gasteiger partial charge >= 0.3 is 0 Å². The topological polar surface area (TPSA) is 15.3 Å². The molecule has 1 atom stereocenters. The monoisotopic (exact) mass is 290 g/mol. The van der Waals surface area contributed by atoms with Crippen LogP contribution in [0.2, 0.25) is 0 Å². The second-order valence-corrected chi connectivity index (χ2v) is 6.58. The standard InChI is InChI=1S/C18H27FN2/c1-2-17-6-4-3-5-9-21(17)18-11-14(10-15(19)12-18)13-20-16-7-8-16/h10-12,16-17,20H,2-9,13H2,1H3. The maximum Gasteiger partial charge on any atom is 0.125 e. The lowest BCUT2D eigenvalue weighted by Crippen LogP contribution is -2.34.